The van der Waals surface area contributed by atoms with Crippen molar-refractivity contribution in [1.29, 1.82) is 0 Å². The number of phenols is 1. The molecule has 4 aromatic rings. The number of aromatic hydroxyl groups is 1. The fraction of sp³-hybridized carbons (Fsp3) is 0.323. The summed E-state index contributed by atoms with van der Waals surface area (Å²) < 4.78 is 41.1. The second-order valence-corrected chi connectivity index (χ2v) is 9.44. The van der Waals surface area contributed by atoms with Gasteiger partial charge < -0.3 is 9.84 Å². The average Bonchev–Trinajstić information content (AvgIpc) is 2.86. The van der Waals surface area contributed by atoms with Crippen LogP contribution in [-0.4, -0.2) is 17.3 Å². The molecular weight excluding hydrogens is 477 g/mol. The second-order valence-electron chi connectivity index (χ2n) is 9.44. The number of carbonyl (C=O) groups is 1. The summed E-state index contributed by atoms with van der Waals surface area (Å²) in [6.07, 6.45) is -3.96. The van der Waals surface area contributed by atoms with Gasteiger partial charge in [-0.1, -0.05) is 76.2 Å². The Bertz CT molecular complexity index is 1360. The number of phenolic OH excluding ortho intramolecular Hbond substituents is 1. The van der Waals surface area contributed by atoms with Crippen molar-refractivity contribution in [2.75, 3.05) is 0 Å². The number of ether oxygens (including phenoxy) is 1. The lowest BCUT2D eigenvalue weighted by molar-refractivity contribution is -0.163. The summed E-state index contributed by atoms with van der Waals surface area (Å²) in [6.45, 7) is 8.68. The first-order valence-electron chi connectivity index (χ1n) is 12.5. The van der Waals surface area contributed by atoms with Gasteiger partial charge in [-0.25, -0.2) is 0 Å². The van der Waals surface area contributed by atoms with E-state index in [0.717, 1.165) is 29.0 Å². The molecule has 196 valence electrons. The molecule has 2 unspecified atom stereocenters. The number of hydrogen-bond donors (Lipinski definition) is 1. The lowest BCUT2D eigenvalue weighted by Gasteiger charge is -2.11. The van der Waals surface area contributed by atoms with Crippen LogP contribution in [0.3, 0.4) is 0 Å². The average molecular weight is 511 g/mol. The van der Waals surface area contributed by atoms with Crippen LogP contribution in [0.4, 0.5) is 13.2 Å². The Morgan fingerprint density at radius 2 is 1.22 bits per heavy atom. The molecule has 0 fully saturated rings. The van der Waals surface area contributed by atoms with Crippen molar-refractivity contribution < 1.29 is 27.8 Å². The Morgan fingerprint density at radius 1 is 0.757 bits per heavy atom. The van der Waals surface area contributed by atoms with Crippen molar-refractivity contribution in [3.63, 3.8) is 0 Å². The SMILES string of the molecule is CCC(C)c1ccc2cc(O)ccc2c1.CCC(C)c1ccc2cc(OC(=O)CC(F)(F)F)ccc2c1. The van der Waals surface area contributed by atoms with Gasteiger partial charge in [0, 0.05) is 0 Å². The maximum atomic E-state index is 12.1. The Labute approximate surface area is 215 Å². The fourth-order valence-corrected chi connectivity index (χ4v) is 3.97. The van der Waals surface area contributed by atoms with Crippen molar-refractivity contribution in [1.82, 2.24) is 0 Å². The molecule has 4 rings (SSSR count). The van der Waals surface area contributed by atoms with E-state index in [1.165, 1.54) is 22.6 Å². The van der Waals surface area contributed by atoms with Gasteiger partial charge in [0.2, 0.25) is 0 Å². The summed E-state index contributed by atoms with van der Waals surface area (Å²) in [5.74, 6) is 0.191. The molecule has 6 heteroatoms. The molecule has 4 aromatic carbocycles. The number of benzene rings is 4. The van der Waals surface area contributed by atoms with Crippen molar-refractivity contribution in [3.8, 4) is 11.5 Å². The molecule has 0 aliphatic heterocycles. The number of rotatable bonds is 6. The molecule has 0 aromatic heterocycles. The third-order valence-electron chi connectivity index (χ3n) is 6.62. The van der Waals surface area contributed by atoms with Gasteiger partial charge in [-0.2, -0.15) is 13.2 Å². The van der Waals surface area contributed by atoms with Gasteiger partial charge >= 0.3 is 12.1 Å². The fourth-order valence-electron chi connectivity index (χ4n) is 3.97. The Hall–Kier alpha value is -3.54. The van der Waals surface area contributed by atoms with Crippen molar-refractivity contribution >= 4 is 27.5 Å². The molecule has 0 aliphatic rings. The minimum Gasteiger partial charge on any atom is -0.508 e. The van der Waals surface area contributed by atoms with Crippen molar-refractivity contribution in [2.45, 2.75) is 65.0 Å². The molecule has 0 saturated heterocycles. The highest BCUT2D eigenvalue weighted by molar-refractivity contribution is 5.86. The molecule has 1 N–H and O–H groups in total. The Balaban J connectivity index is 0.000000220. The van der Waals surface area contributed by atoms with Crippen LogP contribution < -0.4 is 4.74 Å². The maximum Gasteiger partial charge on any atom is 0.399 e. The van der Waals surface area contributed by atoms with E-state index >= 15 is 0 Å². The van der Waals surface area contributed by atoms with Gasteiger partial charge in [-0.15, -0.1) is 0 Å². The van der Waals surface area contributed by atoms with Crippen LogP contribution in [0.2, 0.25) is 0 Å². The highest BCUT2D eigenvalue weighted by Gasteiger charge is 2.32. The van der Waals surface area contributed by atoms with Crippen LogP contribution in [0, 0.1) is 0 Å². The zero-order valence-corrected chi connectivity index (χ0v) is 21.6. The monoisotopic (exact) mass is 510 g/mol. The summed E-state index contributed by atoms with van der Waals surface area (Å²) in [4.78, 5) is 11.2. The summed E-state index contributed by atoms with van der Waals surface area (Å²) >= 11 is 0. The van der Waals surface area contributed by atoms with Crippen LogP contribution in [0.5, 0.6) is 11.5 Å². The molecule has 0 aliphatic carbocycles. The smallest absolute Gasteiger partial charge is 0.399 e. The quantitative estimate of drug-likeness (QED) is 0.208. The van der Waals surface area contributed by atoms with E-state index in [1.54, 1.807) is 24.3 Å². The number of fused-ring (bicyclic) bond motifs is 2. The first-order chi connectivity index (χ1) is 17.5. The van der Waals surface area contributed by atoms with Gasteiger partial charge in [0.1, 0.15) is 17.9 Å². The summed E-state index contributed by atoms with van der Waals surface area (Å²) in [6, 6.07) is 22.7. The lowest BCUT2D eigenvalue weighted by Crippen LogP contribution is -2.19. The molecular formula is C31H33F3O3. The van der Waals surface area contributed by atoms with Crippen LogP contribution in [0.1, 0.15) is 69.9 Å². The predicted octanol–water partition coefficient (Wildman–Crippen LogP) is 9.27. The first-order valence-corrected chi connectivity index (χ1v) is 12.5. The van der Waals surface area contributed by atoms with Crippen molar-refractivity contribution in [2.24, 2.45) is 0 Å². The summed E-state index contributed by atoms with van der Waals surface area (Å²) in [5, 5.41) is 13.4. The highest BCUT2D eigenvalue weighted by Crippen LogP contribution is 2.28. The predicted molar refractivity (Wildman–Crippen MR) is 143 cm³/mol. The van der Waals surface area contributed by atoms with Crippen LogP contribution in [0.25, 0.3) is 21.5 Å². The Kier molecular flexibility index (Phi) is 9.19. The minimum absolute atomic E-state index is 0.123. The van der Waals surface area contributed by atoms with Gasteiger partial charge in [-0.05, 0) is 81.6 Å². The standard InChI is InChI=1S/C17H17F3O2.C14H16O/c1-3-11(2)12-4-5-14-9-15(7-6-13(14)8-12)22-16(21)10-17(18,19)20;1-3-10(2)11-4-5-13-9-14(15)7-6-12(13)8-11/h4-9,11H,3,10H2,1-2H3;4-10,15H,3H2,1-2H3. The number of carbonyl (C=O) groups excluding carboxylic acids is 1. The van der Waals surface area contributed by atoms with Crippen LogP contribution in [0.15, 0.2) is 72.8 Å². The molecule has 3 nitrogen and oxygen atoms in total. The van der Waals surface area contributed by atoms with E-state index < -0.39 is 18.6 Å². The third kappa shape index (κ3) is 7.97. The van der Waals surface area contributed by atoms with E-state index in [4.69, 9.17) is 4.74 Å². The van der Waals surface area contributed by atoms with Gasteiger partial charge in [0.05, 0.1) is 0 Å². The molecule has 0 heterocycles. The largest absolute Gasteiger partial charge is 0.508 e. The molecule has 0 bridgehead atoms. The van der Waals surface area contributed by atoms with E-state index in [1.807, 2.05) is 24.3 Å². The van der Waals surface area contributed by atoms with Gasteiger partial charge in [0.25, 0.3) is 0 Å². The van der Waals surface area contributed by atoms with Crippen LogP contribution >= 0.6 is 0 Å². The topological polar surface area (TPSA) is 46.5 Å². The number of alkyl halides is 3. The zero-order valence-electron chi connectivity index (χ0n) is 21.6. The van der Waals surface area contributed by atoms with Crippen molar-refractivity contribution in [3.05, 3.63) is 83.9 Å². The number of esters is 1. The van der Waals surface area contributed by atoms with Gasteiger partial charge in [-0.3, -0.25) is 4.79 Å². The second kappa shape index (κ2) is 12.1. The molecule has 0 radical (unpaired) electrons. The number of halogens is 3. The van der Waals surface area contributed by atoms with Crippen LogP contribution in [-0.2, 0) is 4.79 Å². The molecule has 0 amide bonds. The van der Waals surface area contributed by atoms with Gasteiger partial charge in [0.15, 0.2) is 0 Å². The van der Waals surface area contributed by atoms with E-state index in [9.17, 15) is 23.1 Å². The zero-order chi connectivity index (χ0) is 27.2. The summed E-state index contributed by atoms with van der Waals surface area (Å²) in [5.41, 5.74) is 2.58. The maximum absolute atomic E-state index is 12.1. The van der Waals surface area contributed by atoms with E-state index in [0.29, 0.717) is 17.6 Å². The highest BCUT2D eigenvalue weighted by atomic mass is 19.4. The molecule has 0 spiro atoms. The molecule has 2 atom stereocenters. The number of hydrogen-bond acceptors (Lipinski definition) is 3. The third-order valence-corrected chi connectivity index (χ3v) is 6.62. The normalized spacial score (nSPS) is 13.1. The molecule has 0 saturated carbocycles. The van der Waals surface area contributed by atoms with E-state index in [2.05, 4.69) is 45.9 Å². The lowest BCUT2D eigenvalue weighted by atomic mass is 9.96. The minimum atomic E-state index is -4.56. The Morgan fingerprint density at radius 3 is 1.73 bits per heavy atom. The molecule has 37 heavy (non-hydrogen) atoms. The summed E-state index contributed by atoms with van der Waals surface area (Å²) in [7, 11) is 0. The first kappa shape index (κ1) is 28.0. The van der Waals surface area contributed by atoms with E-state index in [-0.39, 0.29) is 5.75 Å².